The van der Waals surface area contributed by atoms with Crippen LogP contribution in [0.15, 0.2) is 79.1 Å². The van der Waals surface area contributed by atoms with E-state index in [0.717, 1.165) is 16.9 Å². The van der Waals surface area contributed by atoms with Crippen LogP contribution >= 0.6 is 0 Å². The number of nitrogens with zero attached hydrogens (tertiary/aromatic N) is 3. The predicted octanol–water partition coefficient (Wildman–Crippen LogP) is 4.28. The number of hydrogen-bond donors (Lipinski definition) is 1. The van der Waals surface area contributed by atoms with Crippen LogP contribution in [0.1, 0.15) is 40.1 Å². The maximum atomic E-state index is 12.7. The summed E-state index contributed by atoms with van der Waals surface area (Å²) in [5.41, 5.74) is 3.71. The molecule has 0 bridgehead atoms. The third-order valence-corrected chi connectivity index (χ3v) is 4.78. The second-order valence-corrected chi connectivity index (χ2v) is 6.94. The minimum atomic E-state index is -0.190. The van der Waals surface area contributed by atoms with Crippen LogP contribution in [0.2, 0.25) is 0 Å². The predicted molar refractivity (Wildman–Crippen MR) is 113 cm³/mol. The highest BCUT2D eigenvalue weighted by molar-refractivity contribution is 5.94. The summed E-state index contributed by atoms with van der Waals surface area (Å²) in [4.78, 5) is 17.2. The molecule has 0 spiro atoms. The molecule has 0 fully saturated rings. The summed E-state index contributed by atoms with van der Waals surface area (Å²) in [6.07, 6.45) is 3.86. The Morgan fingerprint density at radius 1 is 1.17 bits per heavy atom. The van der Waals surface area contributed by atoms with Crippen LogP contribution in [0.5, 0.6) is 5.75 Å². The summed E-state index contributed by atoms with van der Waals surface area (Å²) in [6, 6.07) is 22.0. The zero-order valence-electron chi connectivity index (χ0n) is 16.4. The van der Waals surface area contributed by atoms with E-state index in [1.54, 1.807) is 30.3 Å². The molecule has 0 aliphatic carbocycles. The number of ether oxygens (including phenoxy) is 1. The zero-order chi connectivity index (χ0) is 20.9. The molecule has 0 saturated heterocycles. The van der Waals surface area contributed by atoms with Gasteiger partial charge in [0.05, 0.1) is 23.4 Å². The first kappa shape index (κ1) is 19.2. The van der Waals surface area contributed by atoms with Gasteiger partial charge in [-0.15, -0.1) is 0 Å². The molecule has 0 radical (unpaired) electrons. The molecule has 6 nitrogen and oxygen atoms in total. The number of carbonyl (C=O) groups excluding carboxylic acids is 1. The highest BCUT2D eigenvalue weighted by Crippen LogP contribution is 2.18. The van der Waals surface area contributed by atoms with Crippen molar-refractivity contribution in [3.8, 4) is 11.8 Å². The Labute approximate surface area is 174 Å². The van der Waals surface area contributed by atoms with E-state index in [1.807, 2.05) is 60.1 Å². The number of carbonyl (C=O) groups is 1. The summed E-state index contributed by atoms with van der Waals surface area (Å²) in [5, 5.41) is 11.9. The van der Waals surface area contributed by atoms with Gasteiger partial charge in [-0.1, -0.05) is 24.3 Å². The first-order valence-electron chi connectivity index (χ1n) is 9.59. The fourth-order valence-electron chi connectivity index (χ4n) is 3.15. The van der Waals surface area contributed by atoms with E-state index < -0.39 is 0 Å². The lowest BCUT2D eigenvalue weighted by Gasteiger charge is -2.15. The highest BCUT2D eigenvalue weighted by Gasteiger charge is 2.12. The van der Waals surface area contributed by atoms with Crippen LogP contribution in [0.25, 0.3) is 5.65 Å². The fourth-order valence-corrected chi connectivity index (χ4v) is 3.15. The van der Waals surface area contributed by atoms with E-state index in [-0.39, 0.29) is 11.9 Å². The molecular weight excluding hydrogens is 376 g/mol. The third kappa shape index (κ3) is 4.31. The Morgan fingerprint density at radius 2 is 2.00 bits per heavy atom. The van der Waals surface area contributed by atoms with Gasteiger partial charge in [0.15, 0.2) is 0 Å². The van der Waals surface area contributed by atoms with Crippen molar-refractivity contribution in [2.45, 2.75) is 19.6 Å². The van der Waals surface area contributed by atoms with Crippen LogP contribution in [0.3, 0.4) is 0 Å². The van der Waals surface area contributed by atoms with Gasteiger partial charge in [-0.05, 0) is 55.0 Å². The molecular formula is C24H20N4O2. The van der Waals surface area contributed by atoms with Gasteiger partial charge in [-0.2, -0.15) is 5.26 Å². The van der Waals surface area contributed by atoms with Crippen LogP contribution in [0, 0.1) is 11.3 Å². The average Bonchev–Trinajstić information content (AvgIpc) is 3.21. The summed E-state index contributed by atoms with van der Waals surface area (Å²) in [5.74, 6) is 0.413. The van der Waals surface area contributed by atoms with Crippen molar-refractivity contribution in [2.75, 3.05) is 0 Å². The Bertz CT molecular complexity index is 1190. The number of aromatic nitrogens is 2. The topological polar surface area (TPSA) is 79.4 Å². The van der Waals surface area contributed by atoms with Gasteiger partial charge >= 0.3 is 0 Å². The van der Waals surface area contributed by atoms with Crippen LogP contribution in [-0.4, -0.2) is 15.3 Å². The molecule has 1 atom stereocenters. The molecule has 6 heteroatoms. The molecule has 2 heterocycles. The number of hydrogen-bond acceptors (Lipinski definition) is 4. The van der Waals surface area contributed by atoms with Crippen molar-refractivity contribution < 1.29 is 9.53 Å². The lowest BCUT2D eigenvalue weighted by atomic mass is 10.1. The van der Waals surface area contributed by atoms with Gasteiger partial charge in [0.1, 0.15) is 18.0 Å². The first-order valence-corrected chi connectivity index (χ1v) is 9.59. The quantitative estimate of drug-likeness (QED) is 0.528. The Morgan fingerprint density at radius 3 is 2.77 bits per heavy atom. The van der Waals surface area contributed by atoms with Gasteiger partial charge in [0, 0.05) is 18.0 Å². The van der Waals surface area contributed by atoms with Crippen molar-refractivity contribution >= 4 is 11.6 Å². The van der Waals surface area contributed by atoms with Crippen LogP contribution in [-0.2, 0) is 6.61 Å². The Balaban J connectivity index is 1.40. The molecule has 0 aliphatic rings. The monoisotopic (exact) mass is 396 g/mol. The second-order valence-electron chi connectivity index (χ2n) is 6.94. The number of fused-ring (bicyclic) bond motifs is 1. The van der Waals surface area contributed by atoms with E-state index >= 15 is 0 Å². The van der Waals surface area contributed by atoms with E-state index in [0.29, 0.717) is 23.5 Å². The van der Waals surface area contributed by atoms with Gasteiger partial charge < -0.3 is 14.5 Å². The molecule has 0 saturated carbocycles. The number of pyridine rings is 1. The third-order valence-electron chi connectivity index (χ3n) is 4.78. The lowest BCUT2D eigenvalue weighted by Crippen LogP contribution is -2.26. The average molecular weight is 396 g/mol. The van der Waals surface area contributed by atoms with E-state index in [1.165, 1.54) is 0 Å². The second kappa shape index (κ2) is 8.50. The van der Waals surface area contributed by atoms with Crippen molar-refractivity contribution in [1.29, 1.82) is 5.26 Å². The van der Waals surface area contributed by atoms with Crippen molar-refractivity contribution in [3.63, 3.8) is 0 Å². The first-order chi connectivity index (χ1) is 14.6. The molecule has 1 N–H and O–H groups in total. The van der Waals surface area contributed by atoms with E-state index in [2.05, 4.69) is 16.4 Å². The smallest absolute Gasteiger partial charge is 0.251 e. The van der Waals surface area contributed by atoms with Crippen molar-refractivity contribution in [2.24, 2.45) is 0 Å². The van der Waals surface area contributed by atoms with Crippen molar-refractivity contribution in [3.05, 3.63) is 102 Å². The molecule has 2 aromatic heterocycles. The minimum Gasteiger partial charge on any atom is -0.487 e. The number of nitriles is 1. The molecule has 30 heavy (non-hydrogen) atoms. The number of benzene rings is 2. The zero-order valence-corrected chi connectivity index (χ0v) is 16.4. The number of imidazole rings is 1. The van der Waals surface area contributed by atoms with Crippen LogP contribution in [0.4, 0.5) is 0 Å². The molecule has 1 amide bonds. The highest BCUT2D eigenvalue weighted by atomic mass is 16.5. The number of rotatable bonds is 6. The summed E-state index contributed by atoms with van der Waals surface area (Å²) in [7, 11) is 0. The van der Waals surface area contributed by atoms with E-state index in [4.69, 9.17) is 10.00 Å². The summed E-state index contributed by atoms with van der Waals surface area (Å²) >= 11 is 0. The Hall–Kier alpha value is -4.11. The molecule has 4 aromatic rings. The summed E-state index contributed by atoms with van der Waals surface area (Å²) < 4.78 is 7.78. The molecule has 148 valence electrons. The standard InChI is InChI=1S/C24H20N4O2/c1-17(19-10-8-18(14-25)9-11-19)26-24(29)20-5-4-6-22(13-20)30-16-21-15-28-12-3-2-7-23(28)27-21/h2-13,15,17H,16H2,1H3,(H,26,29). The maximum Gasteiger partial charge on any atom is 0.251 e. The Kier molecular flexibility index (Phi) is 5.44. The van der Waals surface area contributed by atoms with Gasteiger partial charge in [0.25, 0.3) is 5.91 Å². The minimum absolute atomic E-state index is 0.187. The molecule has 4 rings (SSSR count). The SMILES string of the molecule is CC(NC(=O)c1cccc(OCc2cn3ccccc3n2)c1)c1ccc(C#N)cc1. The maximum absolute atomic E-state index is 12.7. The van der Waals surface area contributed by atoms with Gasteiger partial charge in [-0.3, -0.25) is 4.79 Å². The molecule has 1 unspecified atom stereocenters. The van der Waals surface area contributed by atoms with Gasteiger partial charge in [-0.25, -0.2) is 4.98 Å². The number of nitrogens with one attached hydrogen (secondary N) is 1. The normalized spacial score (nSPS) is 11.6. The molecule has 0 aliphatic heterocycles. The lowest BCUT2D eigenvalue weighted by molar-refractivity contribution is 0.0939. The number of amides is 1. The van der Waals surface area contributed by atoms with Crippen molar-refractivity contribution in [1.82, 2.24) is 14.7 Å². The largest absolute Gasteiger partial charge is 0.487 e. The fraction of sp³-hybridized carbons (Fsp3) is 0.125. The summed E-state index contributed by atoms with van der Waals surface area (Å²) in [6.45, 7) is 2.22. The van der Waals surface area contributed by atoms with Gasteiger partial charge in [0.2, 0.25) is 0 Å². The van der Waals surface area contributed by atoms with Crippen LogP contribution < -0.4 is 10.1 Å². The molecule has 2 aromatic carbocycles. The van der Waals surface area contributed by atoms with E-state index in [9.17, 15) is 4.79 Å².